The predicted molar refractivity (Wildman–Crippen MR) is 107 cm³/mol. The Hall–Kier alpha value is -2.93. The molecule has 1 aliphatic heterocycles. The Morgan fingerprint density at radius 1 is 1.14 bits per heavy atom. The zero-order chi connectivity index (χ0) is 21.0. The fourth-order valence-corrected chi connectivity index (χ4v) is 3.57. The van der Waals surface area contributed by atoms with Crippen molar-refractivity contribution in [3.63, 3.8) is 0 Å². The van der Waals surface area contributed by atoms with E-state index in [1.807, 2.05) is 37.4 Å². The maximum atomic E-state index is 13.4. The number of halogens is 1. The molecule has 2 aromatic rings. The third-order valence-corrected chi connectivity index (χ3v) is 5.24. The first-order chi connectivity index (χ1) is 13.8. The SMILES string of the molecule is COc1ccc(CC[C@]2(C)NC(=O)N(C[NH+](C)Cc3cccc(F)c3)C2=O)cc1. The van der Waals surface area contributed by atoms with E-state index in [-0.39, 0.29) is 24.4 Å². The van der Waals surface area contributed by atoms with Crippen LogP contribution in [0, 0.1) is 5.82 Å². The Morgan fingerprint density at radius 3 is 2.52 bits per heavy atom. The summed E-state index contributed by atoms with van der Waals surface area (Å²) in [5.41, 5.74) is 0.953. The van der Waals surface area contributed by atoms with Gasteiger partial charge < -0.3 is 15.0 Å². The molecular weight excluding hydrogens is 373 g/mol. The molecule has 1 fully saturated rings. The van der Waals surface area contributed by atoms with Crippen LogP contribution in [0.5, 0.6) is 5.75 Å². The number of amides is 3. The van der Waals surface area contributed by atoms with Crippen LogP contribution in [0.2, 0.25) is 0 Å². The summed E-state index contributed by atoms with van der Waals surface area (Å²) in [5.74, 6) is 0.256. The van der Waals surface area contributed by atoms with E-state index >= 15 is 0 Å². The molecule has 2 N–H and O–H groups in total. The number of ether oxygens (including phenoxy) is 1. The normalized spacial score (nSPS) is 19.9. The zero-order valence-electron chi connectivity index (χ0n) is 17.0. The van der Waals surface area contributed by atoms with Crippen LogP contribution in [0.4, 0.5) is 9.18 Å². The van der Waals surface area contributed by atoms with Crippen LogP contribution in [0.1, 0.15) is 24.5 Å². The van der Waals surface area contributed by atoms with Gasteiger partial charge in [-0.25, -0.2) is 14.1 Å². The lowest BCUT2D eigenvalue weighted by atomic mass is 9.93. The smallest absolute Gasteiger partial charge is 0.329 e. The lowest BCUT2D eigenvalue weighted by molar-refractivity contribution is -0.901. The van der Waals surface area contributed by atoms with Gasteiger partial charge in [-0.1, -0.05) is 24.3 Å². The number of nitrogens with one attached hydrogen (secondary N) is 2. The van der Waals surface area contributed by atoms with Gasteiger partial charge in [-0.15, -0.1) is 0 Å². The van der Waals surface area contributed by atoms with Crippen molar-refractivity contribution < 1.29 is 23.6 Å². The number of urea groups is 1. The molecule has 3 amide bonds. The highest BCUT2D eigenvalue weighted by molar-refractivity contribution is 6.06. The summed E-state index contributed by atoms with van der Waals surface area (Å²) in [7, 11) is 3.49. The molecule has 3 rings (SSSR count). The predicted octanol–water partition coefficient (Wildman–Crippen LogP) is 1.75. The number of rotatable bonds is 8. The van der Waals surface area contributed by atoms with Crippen molar-refractivity contribution in [3.8, 4) is 5.75 Å². The number of nitrogens with zero attached hydrogens (tertiary/aromatic N) is 1. The number of carbonyl (C=O) groups excluding carboxylic acids is 2. The molecular formula is C22H27FN3O3+. The lowest BCUT2D eigenvalue weighted by Gasteiger charge is -2.23. The molecule has 1 unspecified atom stereocenters. The maximum Gasteiger partial charge on any atom is 0.329 e. The van der Waals surface area contributed by atoms with Crippen molar-refractivity contribution >= 4 is 11.9 Å². The van der Waals surface area contributed by atoms with Crippen molar-refractivity contribution in [2.24, 2.45) is 0 Å². The first kappa shape index (κ1) is 20.8. The van der Waals surface area contributed by atoms with Crippen LogP contribution in [0.3, 0.4) is 0 Å². The first-order valence-corrected chi connectivity index (χ1v) is 9.63. The lowest BCUT2D eigenvalue weighted by Crippen LogP contribution is -3.09. The molecule has 0 spiro atoms. The molecule has 1 saturated heterocycles. The number of hydrogen-bond acceptors (Lipinski definition) is 3. The minimum absolute atomic E-state index is 0.222. The molecule has 1 heterocycles. The van der Waals surface area contributed by atoms with Gasteiger partial charge >= 0.3 is 6.03 Å². The molecule has 1 aliphatic rings. The van der Waals surface area contributed by atoms with Crippen LogP contribution in [-0.4, -0.2) is 43.2 Å². The Balaban J connectivity index is 1.60. The third kappa shape index (κ3) is 4.92. The van der Waals surface area contributed by atoms with Crippen LogP contribution < -0.4 is 15.0 Å². The summed E-state index contributed by atoms with van der Waals surface area (Å²) in [5, 5.41) is 2.84. The average Bonchev–Trinajstić information content (AvgIpc) is 2.90. The van der Waals surface area contributed by atoms with Gasteiger partial charge in [0.05, 0.1) is 14.2 Å². The zero-order valence-corrected chi connectivity index (χ0v) is 17.0. The van der Waals surface area contributed by atoms with E-state index in [2.05, 4.69) is 5.32 Å². The number of benzene rings is 2. The Labute approximate surface area is 170 Å². The Morgan fingerprint density at radius 2 is 1.86 bits per heavy atom. The first-order valence-electron chi connectivity index (χ1n) is 9.63. The van der Waals surface area contributed by atoms with E-state index in [1.54, 1.807) is 20.1 Å². The molecule has 0 bridgehead atoms. The van der Waals surface area contributed by atoms with Gasteiger partial charge in [-0.2, -0.15) is 0 Å². The molecule has 154 valence electrons. The van der Waals surface area contributed by atoms with Gasteiger partial charge in [0.15, 0.2) is 6.67 Å². The van der Waals surface area contributed by atoms with Gasteiger partial charge in [0.1, 0.15) is 23.7 Å². The summed E-state index contributed by atoms with van der Waals surface area (Å²) in [4.78, 5) is 27.6. The maximum absolute atomic E-state index is 13.4. The van der Waals surface area contributed by atoms with Crippen LogP contribution in [0.15, 0.2) is 48.5 Å². The quantitative estimate of drug-likeness (QED) is 0.664. The minimum Gasteiger partial charge on any atom is -0.497 e. The van der Waals surface area contributed by atoms with Crippen LogP contribution in [0.25, 0.3) is 0 Å². The van der Waals surface area contributed by atoms with E-state index in [4.69, 9.17) is 4.74 Å². The van der Waals surface area contributed by atoms with Crippen molar-refractivity contribution in [3.05, 3.63) is 65.5 Å². The topological polar surface area (TPSA) is 63.1 Å². The number of methoxy groups -OCH3 is 1. The Kier molecular flexibility index (Phi) is 6.17. The molecule has 0 saturated carbocycles. The summed E-state index contributed by atoms with van der Waals surface area (Å²) >= 11 is 0. The molecule has 0 aliphatic carbocycles. The van der Waals surface area contributed by atoms with E-state index < -0.39 is 5.54 Å². The highest BCUT2D eigenvalue weighted by Gasteiger charge is 2.48. The van der Waals surface area contributed by atoms with Gasteiger partial charge in [-0.3, -0.25) is 4.79 Å². The van der Waals surface area contributed by atoms with E-state index in [0.717, 1.165) is 21.8 Å². The second kappa shape index (κ2) is 8.61. The highest BCUT2D eigenvalue weighted by atomic mass is 19.1. The highest BCUT2D eigenvalue weighted by Crippen LogP contribution is 2.23. The Bertz CT molecular complexity index is 887. The minimum atomic E-state index is -0.934. The van der Waals surface area contributed by atoms with Gasteiger partial charge in [0.25, 0.3) is 5.91 Å². The fraction of sp³-hybridized carbons (Fsp3) is 0.364. The number of imide groups is 1. The summed E-state index contributed by atoms with van der Waals surface area (Å²) < 4.78 is 18.5. The summed E-state index contributed by atoms with van der Waals surface area (Å²) in [6.45, 7) is 2.50. The third-order valence-electron chi connectivity index (χ3n) is 5.24. The fourth-order valence-electron chi connectivity index (χ4n) is 3.57. The van der Waals surface area contributed by atoms with E-state index in [1.165, 1.54) is 17.0 Å². The average molecular weight is 400 g/mol. The molecule has 7 heteroatoms. The summed E-state index contributed by atoms with van der Waals surface area (Å²) in [6.07, 6.45) is 1.16. The molecule has 0 radical (unpaired) electrons. The molecule has 29 heavy (non-hydrogen) atoms. The van der Waals surface area contributed by atoms with Gasteiger partial charge in [0.2, 0.25) is 0 Å². The van der Waals surface area contributed by atoms with Crippen molar-refractivity contribution in [2.45, 2.75) is 31.8 Å². The monoisotopic (exact) mass is 400 g/mol. The number of carbonyl (C=O) groups is 2. The van der Waals surface area contributed by atoms with Crippen molar-refractivity contribution in [2.75, 3.05) is 20.8 Å². The van der Waals surface area contributed by atoms with E-state index in [9.17, 15) is 14.0 Å². The van der Waals surface area contributed by atoms with Crippen LogP contribution >= 0.6 is 0 Å². The van der Waals surface area contributed by atoms with Gasteiger partial charge in [0, 0.05) is 5.56 Å². The van der Waals surface area contributed by atoms with Crippen molar-refractivity contribution in [1.29, 1.82) is 0 Å². The molecule has 0 aromatic heterocycles. The molecule has 2 aromatic carbocycles. The van der Waals surface area contributed by atoms with Gasteiger partial charge in [-0.05, 0) is 49.6 Å². The van der Waals surface area contributed by atoms with E-state index in [0.29, 0.717) is 19.4 Å². The standard InChI is InChI=1S/C22H26FN3O3/c1-22(12-11-16-7-9-19(29-3)10-8-16)20(27)26(21(28)24-22)15-25(2)14-17-5-4-6-18(23)13-17/h4-10,13H,11-12,14-15H2,1-3H3,(H,24,28)/p+1/t22-/m0/s1. The molecule has 2 atom stereocenters. The van der Waals surface area contributed by atoms with Crippen molar-refractivity contribution in [1.82, 2.24) is 10.2 Å². The second-order valence-corrected chi connectivity index (χ2v) is 7.77. The largest absolute Gasteiger partial charge is 0.497 e. The molecule has 6 nitrogen and oxygen atoms in total. The number of aryl methyl sites for hydroxylation is 1. The number of quaternary nitrogens is 1. The summed E-state index contributed by atoms with van der Waals surface area (Å²) in [6, 6.07) is 13.6. The van der Waals surface area contributed by atoms with Crippen LogP contribution in [-0.2, 0) is 17.8 Å². The second-order valence-electron chi connectivity index (χ2n) is 7.77. The number of hydrogen-bond donors (Lipinski definition) is 2.